The van der Waals surface area contributed by atoms with Gasteiger partial charge in [-0.05, 0) is 100 Å². The molecule has 5 rings (SSSR count). The average molecular weight is 499 g/mol. The van der Waals surface area contributed by atoms with Crippen LogP contribution >= 0.6 is 12.2 Å². The number of nitrogens with zero attached hydrogens (tertiary/aromatic N) is 3. The van der Waals surface area contributed by atoms with Gasteiger partial charge in [-0.15, -0.1) is 0 Å². The number of thiocarbonyl (C=S) groups is 1. The molecule has 2 atom stereocenters. The Labute approximate surface area is 217 Å². The first kappa shape index (κ1) is 23.9. The highest BCUT2D eigenvalue weighted by Gasteiger charge is 2.42. The molecular formula is C29H30N4O2S. The first-order chi connectivity index (χ1) is 17.3. The maximum atomic E-state index is 10.6. The molecule has 0 spiro atoms. The number of pyridine rings is 1. The number of hydrogen-bond donors (Lipinski definition) is 2. The molecule has 0 bridgehead atoms. The molecule has 7 heteroatoms. The molecule has 0 radical (unpaired) electrons. The molecule has 0 amide bonds. The normalized spacial score (nSPS) is 17.5. The Hall–Kier alpha value is -3.84. The monoisotopic (exact) mass is 498 g/mol. The second-order valence-corrected chi connectivity index (χ2v) is 9.69. The lowest BCUT2D eigenvalue weighted by Crippen LogP contribution is -2.29. The standard InChI is InChI=1S/C29H30N4O2S/c1-18(2)35-22-14-12-21(13-15-22)33-28(27(31-29(33)36)24-9-7-8-16-30-24)23-17-19(3)32(20(23)4)25-10-5-6-11-26(25)34/h5-18,27-28,34H,1-4H3,(H,31,36). The van der Waals surface area contributed by atoms with E-state index in [1.54, 1.807) is 6.07 Å². The fraction of sp³-hybridized carbons (Fsp3) is 0.241. The lowest BCUT2D eigenvalue weighted by Gasteiger charge is -2.28. The van der Waals surface area contributed by atoms with E-state index in [1.807, 2.05) is 80.7 Å². The number of benzene rings is 2. The van der Waals surface area contributed by atoms with Crippen LogP contribution in [0.1, 0.15) is 48.6 Å². The van der Waals surface area contributed by atoms with Crippen molar-refractivity contribution >= 4 is 23.0 Å². The molecule has 0 saturated carbocycles. The summed E-state index contributed by atoms with van der Waals surface area (Å²) in [6.07, 6.45) is 1.91. The van der Waals surface area contributed by atoms with Gasteiger partial charge in [-0.1, -0.05) is 18.2 Å². The van der Waals surface area contributed by atoms with Gasteiger partial charge in [-0.3, -0.25) is 4.98 Å². The van der Waals surface area contributed by atoms with Crippen LogP contribution in [0.4, 0.5) is 5.69 Å². The number of rotatable bonds is 6. The molecule has 1 aliphatic rings. The van der Waals surface area contributed by atoms with Gasteiger partial charge in [-0.25, -0.2) is 0 Å². The van der Waals surface area contributed by atoms with Crippen LogP contribution in [0.5, 0.6) is 11.5 Å². The number of phenolic OH excluding ortho intramolecular Hbond substituents is 1. The summed E-state index contributed by atoms with van der Waals surface area (Å²) in [5.74, 6) is 1.06. The summed E-state index contributed by atoms with van der Waals surface area (Å²) in [7, 11) is 0. The van der Waals surface area contributed by atoms with Crippen LogP contribution in [0.25, 0.3) is 5.69 Å². The Morgan fingerprint density at radius 2 is 1.72 bits per heavy atom. The van der Waals surface area contributed by atoms with E-state index < -0.39 is 0 Å². The third-order valence-corrected chi connectivity index (χ3v) is 6.81. The van der Waals surface area contributed by atoms with Gasteiger partial charge in [0.2, 0.25) is 0 Å². The van der Waals surface area contributed by atoms with Gasteiger partial charge in [0.1, 0.15) is 11.5 Å². The molecule has 6 nitrogen and oxygen atoms in total. The van der Waals surface area contributed by atoms with E-state index in [2.05, 4.69) is 39.7 Å². The van der Waals surface area contributed by atoms with Crippen molar-refractivity contribution < 1.29 is 9.84 Å². The van der Waals surface area contributed by atoms with Gasteiger partial charge in [0.25, 0.3) is 0 Å². The smallest absolute Gasteiger partial charge is 0.174 e. The fourth-order valence-corrected chi connectivity index (χ4v) is 5.36. The van der Waals surface area contributed by atoms with E-state index in [-0.39, 0.29) is 23.9 Å². The fourth-order valence-electron chi connectivity index (χ4n) is 5.02. The molecule has 3 heterocycles. The summed E-state index contributed by atoms with van der Waals surface area (Å²) in [6.45, 7) is 8.17. The van der Waals surface area contributed by atoms with Crippen LogP contribution in [-0.2, 0) is 0 Å². The van der Waals surface area contributed by atoms with E-state index in [1.165, 1.54) is 0 Å². The molecule has 1 aliphatic heterocycles. The van der Waals surface area contributed by atoms with Crippen LogP contribution in [0, 0.1) is 13.8 Å². The number of ether oxygens (including phenoxy) is 1. The summed E-state index contributed by atoms with van der Waals surface area (Å²) in [6, 6.07) is 23.3. The lowest BCUT2D eigenvalue weighted by atomic mass is 9.96. The maximum absolute atomic E-state index is 10.6. The molecule has 36 heavy (non-hydrogen) atoms. The van der Waals surface area contributed by atoms with Gasteiger partial charge >= 0.3 is 0 Å². The molecule has 4 aromatic rings. The highest BCUT2D eigenvalue weighted by atomic mass is 32.1. The Kier molecular flexibility index (Phi) is 6.41. The van der Waals surface area contributed by atoms with Crippen molar-refractivity contribution in [3.63, 3.8) is 0 Å². The SMILES string of the molecule is Cc1cc(C2C(c3ccccn3)NC(=S)N2c2ccc(OC(C)C)cc2)c(C)n1-c1ccccc1O. The largest absolute Gasteiger partial charge is 0.506 e. The van der Waals surface area contributed by atoms with E-state index in [9.17, 15) is 5.11 Å². The molecule has 2 aromatic carbocycles. The minimum Gasteiger partial charge on any atom is -0.506 e. The highest BCUT2D eigenvalue weighted by molar-refractivity contribution is 7.80. The minimum absolute atomic E-state index is 0.103. The number of aryl methyl sites for hydroxylation is 1. The van der Waals surface area contributed by atoms with E-state index >= 15 is 0 Å². The Morgan fingerprint density at radius 3 is 2.39 bits per heavy atom. The van der Waals surface area contributed by atoms with Gasteiger partial charge in [0.15, 0.2) is 5.11 Å². The van der Waals surface area contributed by atoms with Crippen LogP contribution in [0.2, 0.25) is 0 Å². The zero-order chi connectivity index (χ0) is 25.4. The third-order valence-electron chi connectivity index (χ3n) is 6.50. The third kappa shape index (κ3) is 4.31. The Morgan fingerprint density at radius 1 is 1.00 bits per heavy atom. The zero-order valence-electron chi connectivity index (χ0n) is 20.8. The predicted octanol–water partition coefficient (Wildman–Crippen LogP) is 6.16. The molecule has 2 N–H and O–H groups in total. The van der Waals surface area contributed by atoms with Gasteiger partial charge in [0, 0.05) is 23.3 Å². The summed E-state index contributed by atoms with van der Waals surface area (Å²) in [4.78, 5) is 6.82. The summed E-state index contributed by atoms with van der Waals surface area (Å²) >= 11 is 5.89. The van der Waals surface area contributed by atoms with Crippen LogP contribution in [-0.4, -0.2) is 25.9 Å². The van der Waals surface area contributed by atoms with Crippen molar-refractivity contribution in [2.75, 3.05) is 4.90 Å². The summed E-state index contributed by atoms with van der Waals surface area (Å²) in [5, 5.41) is 14.8. The van der Waals surface area contributed by atoms with Crippen molar-refractivity contribution in [3.8, 4) is 17.2 Å². The number of hydrogen-bond acceptors (Lipinski definition) is 4. The van der Waals surface area contributed by atoms with Gasteiger partial charge in [0.05, 0.1) is 29.6 Å². The number of aromatic nitrogens is 2. The van der Waals surface area contributed by atoms with Crippen molar-refractivity contribution in [2.45, 2.75) is 45.9 Å². The van der Waals surface area contributed by atoms with E-state index in [0.29, 0.717) is 5.11 Å². The van der Waals surface area contributed by atoms with Crippen molar-refractivity contribution in [2.24, 2.45) is 0 Å². The van der Waals surface area contributed by atoms with Crippen LogP contribution in [0.3, 0.4) is 0 Å². The molecule has 1 fully saturated rings. The first-order valence-electron chi connectivity index (χ1n) is 12.1. The van der Waals surface area contributed by atoms with Crippen molar-refractivity contribution in [1.82, 2.24) is 14.9 Å². The summed E-state index contributed by atoms with van der Waals surface area (Å²) in [5.41, 5.74) is 5.82. The number of aromatic hydroxyl groups is 1. The molecule has 184 valence electrons. The Balaban J connectivity index is 1.64. The van der Waals surface area contributed by atoms with Crippen molar-refractivity contribution in [1.29, 1.82) is 0 Å². The summed E-state index contributed by atoms with van der Waals surface area (Å²) < 4.78 is 7.95. The second-order valence-electron chi connectivity index (χ2n) is 9.31. The lowest BCUT2D eigenvalue weighted by molar-refractivity contribution is 0.242. The number of nitrogens with one attached hydrogen (secondary N) is 1. The maximum Gasteiger partial charge on any atom is 0.174 e. The van der Waals surface area contributed by atoms with Gasteiger partial charge in [-0.2, -0.15) is 0 Å². The first-order valence-corrected chi connectivity index (χ1v) is 12.5. The number of anilines is 1. The predicted molar refractivity (Wildman–Crippen MR) is 147 cm³/mol. The zero-order valence-corrected chi connectivity index (χ0v) is 21.7. The van der Waals surface area contributed by atoms with Crippen LogP contribution < -0.4 is 15.0 Å². The quantitative estimate of drug-likeness (QED) is 0.311. The second kappa shape index (κ2) is 9.66. The molecule has 0 aliphatic carbocycles. The van der Waals surface area contributed by atoms with E-state index in [0.717, 1.165) is 39.8 Å². The minimum atomic E-state index is -0.149. The average Bonchev–Trinajstić information content (AvgIpc) is 3.35. The number of para-hydroxylation sites is 2. The molecule has 2 aromatic heterocycles. The van der Waals surface area contributed by atoms with Crippen LogP contribution in [0.15, 0.2) is 79.0 Å². The highest BCUT2D eigenvalue weighted by Crippen LogP contribution is 2.44. The molecule has 2 unspecified atom stereocenters. The molecule has 1 saturated heterocycles. The van der Waals surface area contributed by atoms with Gasteiger partial charge < -0.3 is 24.6 Å². The molecular weight excluding hydrogens is 468 g/mol. The van der Waals surface area contributed by atoms with Crippen molar-refractivity contribution in [3.05, 3.63) is 102 Å². The Bertz CT molecular complexity index is 1380. The number of phenols is 1. The van der Waals surface area contributed by atoms with E-state index in [4.69, 9.17) is 17.0 Å². The topological polar surface area (TPSA) is 62.5 Å².